The Morgan fingerprint density at radius 1 is 1.31 bits per heavy atom. The number of nitrogens with zero attached hydrogens (tertiary/aromatic N) is 2. The Labute approximate surface area is 160 Å². The van der Waals surface area contributed by atoms with Crippen molar-refractivity contribution in [2.75, 3.05) is 20.1 Å². The molecule has 0 radical (unpaired) electrons. The maximum Gasteiger partial charge on any atom is 0.227 e. The molecule has 1 N–H and O–H groups in total. The number of aromatic nitrogens is 1. The zero-order chi connectivity index (χ0) is 18.5. The summed E-state index contributed by atoms with van der Waals surface area (Å²) in [6.45, 7) is 7.13. The molecule has 2 heterocycles. The molecule has 0 bridgehead atoms. The number of benzene rings is 1. The molecule has 0 spiro atoms. The molecule has 1 atom stereocenters. The van der Waals surface area contributed by atoms with Crippen molar-refractivity contribution in [3.63, 3.8) is 0 Å². The molecule has 1 aliphatic rings. The smallest absolute Gasteiger partial charge is 0.227 e. The van der Waals surface area contributed by atoms with Gasteiger partial charge < -0.3 is 10.2 Å². The molecule has 4 nitrogen and oxygen atoms in total. The summed E-state index contributed by atoms with van der Waals surface area (Å²) in [6, 6.07) is 8.55. The maximum absolute atomic E-state index is 12.5. The number of hydrogen-bond donors (Lipinski definition) is 1. The second-order valence-electron chi connectivity index (χ2n) is 7.64. The van der Waals surface area contributed by atoms with E-state index in [4.69, 9.17) is 0 Å². The molecular formula is C21H29N3OS. The van der Waals surface area contributed by atoms with Crippen molar-refractivity contribution >= 4 is 17.2 Å². The highest BCUT2D eigenvalue weighted by atomic mass is 32.1. The van der Waals surface area contributed by atoms with E-state index >= 15 is 0 Å². The van der Waals surface area contributed by atoms with Gasteiger partial charge in [0.05, 0.1) is 23.7 Å². The van der Waals surface area contributed by atoms with Gasteiger partial charge in [-0.2, -0.15) is 0 Å². The highest BCUT2D eigenvalue weighted by Crippen LogP contribution is 2.20. The number of carbonyl (C=O) groups excluding carboxylic acids is 1. The van der Waals surface area contributed by atoms with Gasteiger partial charge in [0.25, 0.3) is 0 Å². The summed E-state index contributed by atoms with van der Waals surface area (Å²) in [4.78, 5) is 18.9. The Hall–Kier alpha value is -1.72. The molecule has 1 aromatic carbocycles. The predicted molar refractivity (Wildman–Crippen MR) is 108 cm³/mol. The lowest BCUT2D eigenvalue weighted by Crippen LogP contribution is -2.27. The number of nitrogens with one attached hydrogen (secondary N) is 1. The zero-order valence-electron chi connectivity index (χ0n) is 16.0. The van der Waals surface area contributed by atoms with E-state index in [-0.39, 0.29) is 5.91 Å². The van der Waals surface area contributed by atoms with Crippen molar-refractivity contribution in [3.05, 3.63) is 51.5 Å². The summed E-state index contributed by atoms with van der Waals surface area (Å²) in [5, 5.41) is 6.61. The molecule has 5 heteroatoms. The Morgan fingerprint density at radius 3 is 2.65 bits per heavy atom. The van der Waals surface area contributed by atoms with E-state index < -0.39 is 0 Å². The average Bonchev–Trinajstić information content (AvgIpc) is 3.28. The van der Waals surface area contributed by atoms with Gasteiger partial charge in [-0.3, -0.25) is 4.79 Å². The Bertz CT molecular complexity index is 717. The summed E-state index contributed by atoms with van der Waals surface area (Å²) in [5.74, 6) is 1.33. The molecule has 2 aromatic rings. The van der Waals surface area contributed by atoms with Gasteiger partial charge in [-0.05, 0) is 43.0 Å². The minimum Gasteiger partial charge on any atom is -0.340 e. The number of carbonyl (C=O) groups is 1. The highest BCUT2D eigenvalue weighted by molar-refractivity contribution is 7.09. The van der Waals surface area contributed by atoms with Gasteiger partial charge in [-0.1, -0.05) is 38.1 Å². The van der Waals surface area contributed by atoms with Gasteiger partial charge in [0.2, 0.25) is 5.91 Å². The SMILES string of the molecule is CC(C)c1nc(CN(C)C(=O)Cc2ccc(CC3CCNC3)cc2)cs1. The molecule has 1 aliphatic heterocycles. The fraction of sp³-hybridized carbons (Fsp3) is 0.524. The first-order valence-electron chi connectivity index (χ1n) is 9.48. The fourth-order valence-electron chi connectivity index (χ4n) is 3.32. The van der Waals surface area contributed by atoms with Gasteiger partial charge >= 0.3 is 0 Å². The van der Waals surface area contributed by atoms with E-state index in [0.29, 0.717) is 18.9 Å². The number of hydrogen-bond acceptors (Lipinski definition) is 4. The summed E-state index contributed by atoms with van der Waals surface area (Å²) in [5.41, 5.74) is 3.43. The standard InChI is InChI=1S/C21H29N3OS/c1-15(2)21-23-19(14-26-21)13-24(3)20(25)11-17-6-4-16(5-7-17)10-18-8-9-22-12-18/h4-7,14-15,18,22H,8-13H2,1-3H3. The summed E-state index contributed by atoms with van der Waals surface area (Å²) < 4.78 is 0. The van der Waals surface area contributed by atoms with Crippen LogP contribution in [0.15, 0.2) is 29.6 Å². The second kappa shape index (κ2) is 8.78. The van der Waals surface area contributed by atoms with E-state index in [1.54, 1.807) is 16.2 Å². The topological polar surface area (TPSA) is 45.2 Å². The van der Waals surface area contributed by atoms with Crippen molar-refractivity contribution in [2.45, 2.75) is 45.6 Å². The van der Waals surface area contributed by atoms with Crippen LogP contribution < -0.4 is 5.32 Å². The van der Waals surface area contributed by atoms with Crippen LogP contribution in [0.3, 0.4) is 0 Å². The minimum absolute atomic E-state index is 0.136. The first-order chi connectivity index (χ1) is 12.5. The van der Waals surface area contributed by atoms with Crippen LogP contribution in [0.25, 0.3) is 0 Å². The van der Waals surface area contributed by atoms with Gasteiger partial charge in [0.1, 0.15) is 0 Å². The van der Waals surface area contributed by atoms with Crippen LogP contribution in [0, 0.1) is 5.92 Å². The molecule has 1 fully saturated rings. The highest BCUT2D eigenvalue weighted by Gasteiger charge is 2.16. The molecule has 0 saturated carbocycles. The van der Waals surface area contributed by atoms with Crippen LogP contribution in [0.5, 0.6) is 0 Å². The van der Waals surface area contributed by atoms with E-state index in [0.717, 1.165) is 41.7 Å². The predicted octanol–water partition coefficient (Wildman–Crippen LogP) is 3.62. The average molecular weight is 372 g/mol. The number of rotatable bonds is 7. The lowest BCUT2D eigenvalue weighted by molar-refractivity contribution is -0.129. The first kappa shape index (κ1) is 19.1. The minimum atomic E-state index is 0.136. The van der Waals surface area contributed by atoms with Crippen molar-refractivity contribution in [1.82, 2.24) is 15.2 Å². The van der Waals surface area contributed by atoms with Crippen LogP contribution in [0.1, 0.15) is 48.0 Å². The van der Waals surface area contributed by atoms with E-state index in [9.17, 15) is 4.79 Å². The molecule has 1 saturated heterocycles. The number of likely N-dealkylation sites (N-methyl/N-ethyl adjacent to an activating group) is 1. The molecule has 3 rings (SSSR count). The third-order valence-corrected chi connectivity index (χ3v) is 6.15. The molecule has 0 aliphatic carbocycles. The quantitative estimate of drug-likeness (QED) is 0.808. The Kier molecular flexibility index (Phi) is 6.43. The molecule has 26 heavy (non-hydrogen) atoms. The second-order valence-corrected chi connectivity index (χ2v) is 8.53. The van der Waals surface area contributed by atoms with Crippen molar-refractivity contribution in [2.24, 2.45) is 5.92 Å². The van der Waals surface area contributed by atoms with Gasteiger partial charge in [0.15, 0.2) is 0 Å². The Balaban J connectivity index is 1.51. The summed E-state index contributed by atoms with van der Waals surface area (Å²) >= 11 is 1.68. The van der Waals surface area contributed by atoms with Crippen LogP contribution in [-0.2, 0) is 24.2 Å². The van der Waals surface area contributed by atoms with Gasteiger partial charge in [-0.15, -0.1) is 11.3 Å². The van der Waals surface area contributed by atoms with Gasteiger partial charge in [-0.25, -0.2) is 4.98 Å². The van der Waals surface area contributed by atoms with E-state index in [1.165, 1.54) is 12.0 Å². The monoisotopic (exact) mass is 371 g/mol. The fourth-order valence-corrected chi connectivity index (χ4v) is 4.14. The maximum atomic E-state index is 12.5. The molecular weight excluding hydrogens is 342 g/mol. The first-order valence-corrected chi connectivity index (χ1v) is 10.4. The number of amides is 1. The van der Waals surface area contributed by atoms with E-state index in [1.807, 2.05) is 7.05 Å². The number of thiazole rings is 1. The summed E-state index contributed by atoms with van der Waals surface area (Å²) in [6.07, 6.45) is 2.84. The van der Waals surface area contributed by atoms with Crippen LogP contribution in [-0.4, -0.2) is 35.9 Å². The Morgan fingerprint density at radius 2 is 2.04 bits per heavy atom. The van der Waals surface area contributed by atoms with Gasteiger partial charge in [0, 0.05) is 18.3 Å². The summed E-state index contributed by atoms with van der Waals surface area (Å²) in [7, 11) is 1.86. The third kappa shape index (κ3) is 5.15. The lowest BCUT2D eigenvalue weighted by atomic mass is 9.97. The molecule has 140 valence electrons. The van der Waals surface area contributed by atoms with Crippen molar-refractivity contribution in [3.8, 4) is 0 Å². The normalized spacial score (nSPS) is 17.0. The van der Waals surface area contributed by atoms with Crippen LogP contribution in [0.2, 0.25) is 0 Å². The van der Waals surface area contributed by atoms with Crippen LogP contribution >= 0.6 is 11.3 Å². The third-order valence-electron chi connectivity index (χ3n) is 4.95. The zero-order valence-corrected chi connectivity index (χ0v) is 16.8. The molecule has 1 aromatic heterocycles. The lowest BCUT2D eigenvalue weighted by Gasteiger charge is -2.16. The van der Waals surface area contributed by atoms with E-state index in [2.05, 4.69) is 53.8 Å². The molecule has 1 unspecified atom stereocenters. The van der Waals surface area contributed by atoms with Crippen molar-refractivity contribution < 1.29 is 4.79 Å². The van der Waals surface area contributed by atoms with Crippen LogP contribution in [0.4, 0.5) is 0 Å². The molecule has 1 amide bonds. The van der Waals surface area contributed by atoms with Crippen molar-refractivity contribution in [1.29, 1.82) is 0 Å². The largest absolute Gasteiger partial charge is 0.340 e.